The van der Waals surface area contributed by atoms with E-state index in [9.17, 15) is 8.42 Å². The van der Waals surface area contributed by atoms with Gasteiger partial charge in [-0.2, -0.15) is 5.26 Å². The number of anilines is 1. The molecular weight excluding hydrogens is 254 g/mol. The Hall–Kier alpha value is -1.62. The maximum absolute atomic E-state index is 12.3. The van der Waals surface area contributed by atoms with E-state index in [2.05, 4.69) is 0 Å². The zero-order valence-corrected chi connectivity index (χ0v) is 10.5. The highest BCUT2D eigenvalue weighted by Crippen LogP contribution is 2.24. The number of nitrogen functional groups attached to an aromatic ring is 1. The standard InChI is InChI=1S/C11H13N3O3S/c12-8-9-7-10(13)3-4-11(9)18(15,16)14-5-1-2-6-17-14/h3-4,7H,1-2,5-6,13H2. The quantitative estimate of drug-likeness (QED) is 0.801. The molecule has 18 heavy (non-hydrogen) atoms. The van der Waals surface area contributed by atoms with Gasteiger partial charge in [-0.05, 0) is 31.0 Å². The zero-order valence-electron chi connectivity index (χ0n) is 9.67. The van der Waals surface area contributed by atoms with Gasteiger partial charge in [0.15, 0.2) is 0 Å². The molecule has 1 aliphatic heterocycles. The molecule has 0 spiro atoms. The van der Waals surface area contributed by atoms with Gasteiger partial charge in [0.1, 0.15) is 11.0 Å². The van der Waals surface area contributed by atoms with E-state index in [-0.39, 0.29) is 10.5 Å². The van der Waals surface area contributed by atoms with E-state index in [1.54, 1.807) is 0 Å². The van der Waals surface area contributed by atoms with Gasteiger partial charge in [0.2, 0.25) is 0 Å². The number of hydrogen-bond acceptors (Lipinski definition) is 5. The van der Waals surface area contributed by atoms with Crippen molar-refractivity contribution < 1.29 is 13.3 Å². The SMILES string of the molecule is N#Cc1cc(N)ccc1S(=O)(=O)N1CCCCO1. The first-order chi connectivity index (χ1) is 8.55. The van der Waals surface area contributed by atoms with E-state index < -0.39 is 10.0 Å². The fourth-order valence-corrected chi connectivity index (χ4v) is 3.16. The predicted octanol–water partition coefficient (Wildman–Crippen LogP) is 0.857. The summed E-state index contributed by atoms with van der Waals surface area (Å²) < 4.78 is 25.5. The highest BCUT2D eigenvalue weighted by molar-refractivity contribution is 7.89. The normalized spacial score (nSPS) is 17.3. The van der Waals surface area contributed by atoms with Crippen molar-refractivity contribution in [1.29, 1.82) is 5.26 Å². The Bertz CT molecular complexity index is 586. The van der Waals surface area contributed by atoms with Crippen molar-refractivity contribution in [2.24, 2.45) is 0 Å². The van der Waals surface area contributed by atoms with Crippen LogP contribution in [0.1, 0.15) is 18.4 Å². The zero-order chi connectivity index (χ0) is 13.2. The number of rotatable bonds is 2. The fraction of sp³-hybridized carbons (Fsp3) is 0.364. The summed E-state index contributed by atoms with van der Waals surface area (Å²) >= 11 is 0. The second-order valence-electron chi connectivity index (χ2n) is 3.94. The lowest BCUT2D eigenvalue weighted by molar-refractivity contribution is -0.108. The van der Waals surface area contributed by atoms with Crippen LogP contribution in [0, 0.1) is 11.3 Å². The van der Waals surface area contributed by atoms with E-state index >= 15 is 0 Å². The summed E-state index contributed by atoms with van der Waals surface area (Å²) in [4.78, 5) is 5.06. The molecule has 1 aromatic carbocycles. The minimum absolute atomic E-state index is 0.0316. The molecule has 0 bridgehead atoms. The summed E-state index contributed by atoms with van der Waals surface area (Å²) in [5.74, 6) is 0. The number of nitriles is 1. The Morgan fingerprint density at radius 2 is 2.17 bits per heavy atom. The smallest absolute Gasteiger partial charge is 0.266 e. The highest BCUT2D eigenvalue weighted by Gasteiger charge is 2.29. The number of benzene rings is 1. The van der Waals surface area contributed by atoms with Gasteiger partial charge in [0.25, 0.3) is 10.0 Å². The van der Waals surface area contributed by atoms with Crippen LogP contribution in [0.4, 0.5) is 5.69 Å². The fourth-order valence-electron chi connectivity index (χ4n) is 1.73. The van der Waals surface area contributed by atoms with Crippen LogP contribution in [0.5, 0.6) is 0 Å². The van der Waals surface area contributed by atoms with E-state index in [0.29, 0.717) is 18.8 Å². The molecule has 2 N–H and O–H groups in total. The Balaban J connectivity index is 2.44. The van der Waals surface area contributed by atoms with Crippen molar-refractivity contribution in [3.05, 3.63) is 23.8 Å². The maximum atomic E-state index is 12.3. The van der Waals surface area contributed by atoms with Crippen LogP contribution in [-0.4, -0.2) is 26.0 Å². The molecule has 2 rings (SSSR count). The lowest BCUT2D eigenvalue weighted by Crippen LogP contribution is -2.36. The molecule has 1 saturated heterocycles. The first-order valence-corrected chi connectivity index (χ1v) is 6.95. The van der Waals surface area contributed by atoms with Gasteiger partial charge in [-0.15, -0.1) is 0 Å². The van der Waals surface area contributed by atoms with Gasteiger partial charge in [0.05, 0.1) is 12.2 Å². The monoisotopic (exact) mass is 267 g/mol. The molecule has 6 nitrogen and oxygen atoms in total. The Morgan fingerprint density at radius 1 is 1.39 bits per heavy atom. The van der Waals surface area contributed by atoms with Crippen molar-refractivity contribution in [1.82, 2.24) is 4.47 Å². The van der Waals surface area contributed by atoms with Gasteiger partial charge in [-0.25, -0.2) is 8.42 Å². The Morgan fingerprint density at radius 3 is 2.78 bits per heavy atom. The summed E-state index contributed by atoms with van der Waals surface area (Å²) in [6.07, 6.45) is 1.58. The topological polar surface area (TPSA) is 96.4 Å². The van der Waals surface area contributed by atoms with Crippen LogP contribution in [0.3, 0.4) is 0 Å². The van der Waals surface area contributed by atoms with Gasteiger partial charge in [-0.1, -0.05) is 4.47 Å². The number of hydrogen-bond donors (Lipinski definition) is 1. The third-order valence-electron chi connectivity index (χ3n) is 2.64. The van der Waals surface area contributed by atoms with Crippen molar-refractivity contribution in [3.8, 4) is 6.07 Å². The number of hydroxylamine groups is 1. The van der Waals surface area contributed by atoms with Crippen LogP contribution in [0.25, 0.3) is 0 Å². The lowest BCUT2D eigenvalue weighted by atomic mass is 10.2. The molecule has 0 unspecified atom stereocenters. The molecule has 0 aliphatic carbocycles. The number of nitrogens with two attached hydrogens (primary N) is 1. The summed E-state index contributed by atoms with van der Waals surface area (Å²) in [6.45, 7) is 0.674. The molecule has 1 heterocycles. The molecule has 7 heteroatoms. The first-order valence-electron chi connectivity index (χ1n) is 5.51. The van der Waals surface area contributed by atoms with Gasteiger partial charge >= 0.3 is 0 Å². The predicted molar refractivity (Wildman–Crippen MR) is 64.6 cm³/mol. The highest BCUT2D eigenvalue weighted by atomic mass is 32.2. The molecule has 1 aliphatic rings. The summed E-state index contributed by atoms with van der Waals surface area (Å²) in [5, 5.41) is 8.98. The molecular formula is C11H13N3O3S. The Labute approximate surface area is 106 Å². The molecule has 0 saturated carbocycles. The molecule has 0 radical (unpaired) electrons. The largest absolute Gasteiger partial charge is 0.399 e. The second kappa shape index (κ2) is 4.94. The second-order valence-corrected chi connectivity index (χ2v) is 5.74. The van der Waals surface area contributed by atoms with E-state index in [1.807, 2.05) is 6.07 Å². The molecule has 1 fully saturated rings. The van der Waals surface area contributed by atoms with Crippen LogP contribution in [-0.2, 0) is 14.9 Å². The van der Waals surface area contributed by atoms with Crippen molar-refractivity contribution in [2.75, 3.05) is 18.9 Å². The third kappa shape index (κ3) is 2.31. The van der Waals surface area contributed by atoms with Crippen LogP contribution in [0.2, 0.25) is 0 Å². The minimum atomic E-state index is -3.79. The van der Waals surface area contributed by atoms with Gasteiger partial charge in [-0.3, -0.25) is 4.84 Å². The van der Waals surface area contributed by atoms with Crippen LogP contribution < -0.4 is 5.73 Å². The summed E-state index contributed by atoms with van der Waals surface area (Å²) in [6, 6.07) is 5.97. The van der Waals surface area contributed by atoms with Crippen molar-refractivity contribution >= 4 is 15.7 Å². The molecule has 0 amide bonds. The summed E-state index contributed by atoms with van der Waals surface area (Å²) in [5.41, 5.74) is 5.92. The minimum Gasteiger partial charge on any atom is -0.399 e. The first kappa shape index (κ1) is 12.8. The third-order valence-corrected chi connectivity index (χ3v) is 4.38. The number of sulfonamides is 1. The average molecular weight is 267 g/mol. The maximum Gasteiger partial charge on any atom is 0.266 e. The van der Waals surface area contributed by atoms with Gasteiger partial charge < -0.3 is 5.73 Å². The molecule has 0 atom stereocenters. The van der Waals surface area contributed by atoms with Crippen LogP contribution >= 0.6 is 0 Å². The number of nitrogens with zero attached hydrogens (tertiary/aromatic N) is 2. The average Bonchev–Trinajstić information content (AvgIpc) is 2.39. The van der Waals surface area contributed by atoms with Crippen molar-refractivity contribution in [2.45, 2.75) is 17.7 Å². The van der Waals surface area contributed by atoms with Crippen LogP contribution in [0.15, 0.2) is 23.1 Å². The molecule has 1 aromatic rings. The molecule has 96 valence electrons. The summed E-state index contributed by atoms with van der Waals surface area (Å²) in [7, 11) is -3.79. The van der Waals surface area contributed by atoms with Gasteiger partial charge in [0, 0.05) is 12.2 Å². The van der Waals surface area contributed by atoms with E-state index in [4.69, 9.17) is 15.8 Å². The van der Waals surface area contributed by atoms with E-state index in [1.165, 1.54) is 18.2 Å². The van der Waals surface area contributed by atoms with Crippen molar-refractivity contribution in [3.63, 3.8) is 0 Å². The lowest BCUT2D eigenvalue weighted by Gasteiger charge is -2.25. The van der Waals surface area contributed by atoms with E-state index in [0.717, 1.165) is 17.3 Å². The Kier molecular flexibility index (Phi) is 3.52. The molecule has 0 aromatic heterocycles.